The molecule has 1 aliphatic heterocycles. The van der Waals surface area contributed by atoms with E-state index in [0.717, 1.165) is 18.9 Å². The molecule has 1 N–H and O–H groups in total. The van der Waals surface area contributed by atoms with Gasteiger partial charge < -0.3 is 15.2 Å². The standard InChI is InChI=1S/C11H12F3N3O2/c12-11(13,14)8-3-6(5-1-2-5)15-9-4-7(10(18)19)16-17(8)9/h4-6,8,15H,1-3H2,(H,18,19)/p-1/t6-,8-/m0/s1. The van der Waals surface area contributed by atoms with Gasteiger partial charge in [0.2, 0.25) is 0 Å². The number of anilines is 1. The van der Waals surface area contributed by atoms with Crippen LogP contribution < -0.4 is 10.4 Å². The SMILES string of the molecule is O=C([O-])c1cc2n(n1)[C@H](C(F)(F)F)C[C@@H](C1CC1)N2. The molecule has 1 fully saturated rings. The molecule has 0 saturated heterocycles. The van der Waals surface area contributed by atoms with Crippen molar-refractivity contribution in [1.29, 1.82) is 0 Å². The van der Waals surface area contributed by atoms with Crippen LogP contribution in [0.1, 0.15) is 35.8 Å². The summed E-state index contributed by atoms with van der Waals surface area (Å²) < 4.78 is 39.8. The van der Waals surface area contributed by atoms with Crippen LogP contribution in [0.4, 0.5) is 19.0 Å². The van der Waals surface area contributed by atoms with Gasteiger partial charge in [0, 0.05) is 12.1 Å². The molecule has 0 aromatic carbocycles. The fraction of sp³-hybridized carbons (Fsp3) is 0.636. The lowest BCUT2D eigenvalue weighted by molar-refractivity contribution is -0.255. The Kier molecular flexibility index (Phi) is 2.51. The molecule has 1 aromatic rings. The summed E-state index contributed by atoms with van der Waals surface area (Å²) in [5.74, 6) is -1.24. The zero-order valence-electron chi connectivity index (χ0n) is 9.78. The van der Waals surface area contributed by atoms with Gasteiger partial charge in [-0.25, -0.2) is 4.68 Å². The number of fused-ring (bicyclic) bond motifs is 1. The largest absolute Gasteiger partial charge is 0.543 e. The number of aromatic nitrogens is 2. The Hall–Kier alpha value is -1.73. The van der Waals surface area contributed by atoms with Gasteiger partial charge in [-0.05, 0) is 25.2 Å². The van der Waals surface area contributed by atoms with Crippen molar-refractivity contribution >= 4 is 11.8 Å². The van der Waals surface area contributed by atoms with E-state index in [-0.39, 0.29) is 24.2 Å². The van der Waals surface area contributed by atoms with Gasteiger partial charge in [0.25, 0.3) is 0 Å². The van der Waals surface area contributed by atoms with E-state index in [1.54, 1.807) is 0 Å². The van der Waals surface area contributed by atoms with Gasteiger partial charge in [-0.2, -0.15) is 18.3 Å². The molecule has 0 amide bonds. The number of hydrogen-bond acceptors (Lipinski definition) is 4. The topological polar surface area (TPSA) is 70.0 Å². The first kappa shape index (κ1) is 12.3. The van der Waals surface area contributed by atoms with E-state index in [4.69, 9.17) is 0 Å². The third kappa shape index (κ3) is 2.15. The molecule has 1 aromatic heterocycles. The zero-order valence-corrected chi connectivity index (χ0v) is 9.78. The van der Waals surface area contributed by atoms with E-state index in [1.165, 1.54) is 0 Å². The Labute approximate surface area is 106 Å². The number of rotatable bonds is 2. The van der Waals surface area contributed by atoms with E-state index in [9.17, 15) is 23.1 Å². The molecule has 0 spiro atoms. The number of carbonyl (C=O) groups excluding carboxylic acids is 1. The maximum absolute atomic E-state index is 13.0. The van der Waals surface area contributed by atoms with Gasteiger partial charge >= 0.3 is 6.18 Å². The fourth-order valence-electron chi connectivity index (χ4n) is 2.51. The molecule has 104 valence electrons. The van der Waals surface area contributed by atoms with Gasteiger partial charge in [0.05, 0.1) is 5.97 Å². The van der Waals surface area contributed by atoms with Crippen molar-refractivity contribution in [1.82, 2.24) is 9.78 Å². The highest BCUT2D eigenvalue weighted by Crippen LogP contribution is 2.45. The van der Waals surface area contributed by atoms with Crippen LogP contribution in [0.5, 0.6) is 0 Å². The van der Waals surface area contributed by atoms with Crippen LogP contribution in [0, 0.1) is 5.92 Å². The molecule has 2 aliphatic rings. The van der Waals surface area contributed by atoms with Crippen LogP contribution in [-0.4, -0.2) is 28.0 Å². The summed E-state index contributed by atoms with van der Waals surface area (Å²) in [5, 5.41) is 17.1. The van der Waals surface area contributed by atoms with Gasteiger partial charge in [-0.3, -0.25) is 0 Å². The lowest BCUT2D eigenvalue weighted by atomic mass is 10.0. The zero-order chi connectivity index (χ0) is 13.8. The summed E-state index contributed by atoms with van der Waals surface area (Å²) in [7, 11) is 0. The number of carbonyl (C=O) groups is 1. The molecule has 5 nitrogen and oxygen atoms in total. The molecular formula is C11H11F3N3O2-. The van der Waals surface area contributed by atoms with E-state index < -0.39 is 23.9 Å². The Balaban J connectivity index is 1.99. The lowest BCUT2D eigenvalue weighted by Gasteiger charge is -2.33. The molecule has 8 heteroatoms. The molecule has 3 rings (SSSR count). The second-order valence-corrected chi connectivity index (χ2v) is 5.03. The van der Waals surface area contributed by atoms with Gasteiger partial charge in [0.15, 0.2) is 6.04 Å². The number of halogens is 3. The maximum atomic E-state index is 13.0. The first-order chi connectivity index (χ1) is 8.86. The summed E-state index contributed by atoms with van der Waals surface area (Å²) in [4.78, 5) is 10.7. The average Bonchev–Trinajstić information content (AvgIpc) is 3.05. The van der Waals surface area contributed by atoms with E-state index in [1.807, 2.05) is 0 Å². The lowest BCUT2D eigenvalue weighted by Crippen LogP contribution is -2.40. The number of nitrogens with one attached hydrogen (secondary N) is 1. The smallest absolute Gasteiger partial charge is 0.410 e. The van der Waals surface area contributed by atoms with Crippen molar-refractivity contribution in [2.45, 2.75) is 37.5 Å². The molecular weight excluding hydrogens is 263 g/mol. The number of hydrogen-bond donors (Lipinski definition) is 1. The fourth-order valence-corrected chi connectivity index (χ4v) is 2.51. The van der Waals surface area contributed by atoms with Gasteiger partial charge in [-0.15, -0.1) is 0 Å². The first-order valence-corrected chi connectivity index (χ1v) is 6.00. The maximum Gasteiger partial charge on any atom is 0.410 e. The molecule has 0 bridgehead atoms. The Morgan fingerprint density at radius 3 is 2.68 bits per heavy atom. The molecule has 19 heavy (non-hydrogen) atoms. The third-order valence-electron chi connectivity index (χ3n) is 3.62. The Morgan fingerprint density at radius 2 is 2.16 bits per heavy atom. The second kappa shape index (κ2) is 3.88. The number of carboxylic acids is 1. The highest BCUT2D eigenvalue weighted by Gasteiger charge is 2.48. The van der Waals surface area contributed by atoms with Crippen LogP contribution in [0.2, 0.25) is 0 Å². The summed E-state index contributed by atoms with van der Waals surface area (Å²) in [6.45, 7) is 0. The van der Waals surface area contributed by atoms with Crippen molar-refractivity contribution in [2.75, 3.05) is 5.32 Å². The van der Waals surface area contributed by atoms with Gasteiger partial charge in [-0.1, -0.05) is 0 Å². The highest BCUT2D eigenvalue weighted by atomic mass is 19.4. The van der Waals surface area contributed by atoms with Crippen molar-refractivity contribution < 1.29 is 23.1 Å². The van der Waals surface area contributed by atoms with Gasteiger partial charge in [0.1, 0.15) is 11.5 Å². The Morgan fingerprint density at radius 1 is 1.47 bits per heavy atom. The molecule has 1 saturated carbocycles. The minimum atomic E-state index is -4.45. The number of alkyl halides is 3. The van der Waals surface area contributed by atoms with E-state index in [2.05, 4.69) is 10.4 Å². The summed E-state index contributed by atoms with van der Waals surface area (Å²) in [5.41, 5.74) is -0.479. The highest BCUT2D eigenvalue weighted by molar-refractivity contribution is 5.84. The second-order valence-electron chi connectivity index (χ2n) is 5.03. The van der Waals surface area contributed by atoms with Crippen LogP contribution >= 0.6 is 0 Å². The molecule has 1 aliphatic carbocycles. The minimum absolute atomic E-state index is 0.102. The van der Waals surface area contributed by atoms with Crippen LogP contribution in [0.25, 0.3) is 0 Å². The van der Waals surface area contributed by atoms with Crippen LogP contribution in [-0.2, 0) is 0 Å². The quantitative estimate of drug-likeness (QED) is 0.871. The number of aromatic carboxylic acids is 1. The monoisotopic (exact) mass is 274 g/mol. The summed E-state index contributed by atoms with van der Waals surface area (Å²) >= 11 is 0. The summed E-state index contributed by atoms with van der Waals surface area (Å²) in [6.07, 6.45) is -2.75. The van der Waals surface area contributed by atoms with Crippen molar-refractivity contribution in [2.24, 2.45) is 5.92 Å². The van der Waals surface area contributed by atoms with Crippen molar-refractivity contribution in [3.8, 4) is 0 Å². The molecule has 0 unspecified atom stereocenters. The first-order valence-electron chi connectivity index (χ1n) is 6.00. The molecule has 0 radical (unpaired) electrons. The summed E-state index contributed by atoms with van der Waals surface area (Å²) in [6, 6.07) is -0.948. The third-order valence-corrected chi connectivity index (χ3v) is 3.62. The van der Waals surface area contributed by atoms with E-state index in [0.29, 0.717) is 4.68 Å². The Bertz CT molecular complexity index is 522. The average molecular weight is 274 g/mol. The van der Waals surface area contributed by atoms with Crippen molar-refractivity contribution in [3.05, 3.63) is 11.8 Å². The van der Waals surface area contributed by atoms with Crippen LogP contribution in [0.15, 0.2) is 6.07 Å². The number of nitrogens with zero attached hydrogens (tertiary/aromatic N) is 2. The minimum Gasteiger partial charge on any atom is -0.543 e. The van der Waals surface area contributed by atoms with E-state index >= 15 is 0 Å². The normalized spacial score (nSPS) is 26.7. The number of carboxylic acid groups (broad SMARTS) is 1. The molecule has 2 heterocycles. The van der Waals surface area contributed by atoms with Crippen molar-refractivity contribution in [3.63, 3.8) is 0 Å². The predicted molar refractivity (Wildman–Crippen MR) is 56.4 cm³/mol. The molecule has 2 atom stereocenters. The predicted octanol–water partition coefficient (Wildman–Crippen LogP) is 0.944. The van der Waals surface area contributed by atoms with Crippen LogP contribution in [0.3, 0.4) is 0 Å².